The Bertz CT molecular complexity index is 394. The first-order chi connectivity index (χ1) is 7.08. The van der Waals surface area contributed by atoms with E-state index in [9.17, 15) is 13.6 Å². The van der Waals surface area contributed by atoms with E-state index < -0.39 is 11.6 Å². The summed E-state index contributed by atoms with van der Waals surface area (Å²) in [6.07, 6.45) is 0.307. The second kappa shape index (κ2) is 3.61. The summed E-state index contributed by atoms with van der Waals surface area (Å²) in [6.45, 7) is 1.85. The van der Waals surface area contributed by atoms with Gasteiger partial charge in [-0.15, -0.1) is 0 Å². The van der Waals surface area contributed by atoms with Crippen molar-refractivity contribution in [1.82, 2.24) is 5.32 Å². The van der Waals surface area contributed by atoms with Crippen molar-refractivity contribution < 1.29 is 13.6 Å². The van der Waals surface area contributed by atoms with Crippen LogP contribution in [0.25, 0.3) is 0 Å². The molecule has 4 heteroatoms. The zero-order chi connectivity index (χ0) is 11.0. The fourth-order valence-corrected chi connectivity index (χ4v) is 1.74. The summed E-state index contributed by atoms with van der Waals surface area (Å²) < 4.78 is 26.5. The van der Waals surface area contributed by atoms with Gasteiger partial charge in [0.2, 0.25) is 5.91 Å². The van der Waals surface area contributed by atoms with Crippen LogP contribution in [0, 0.1) is 18.6 Å². The average Bonchev–Trinajstić information content (AvgIpc) is 2.60. The number of rotatable bonds is 1. The van der Waals surface area contributed by atoms with Crippen molar-refractivity contribution in [1.29, 1.82) is 0 Å². The summed E-state index contributed by atoms with van der Waals surface area (Å²) in [5.74, 6) is -1.28. The van der Waals surface area contributed by atoms with Gasteiger partial charge < -0.3 is 5.32 Å². The Morgan fingerprint density at radius 2 is 1.93 bits per heavy atom. The number of nitrogens with one attached hydrogen (secondary N) is 1. The van der Waals surface area contributed by atoms with Crippen molar-refractivity contribution in [2.75, 3.05) is 6.54 Å². The minimum Gasteiger partial charge on any atom is -0.355 e. The third-order valence-corrected chi connectivity index (χ3v) is 2.75. The molecular weight excluding hydrogens is 200 g/mol. The van der Waals surface area contributed by atoms with E-state index in [0.29, 0.717) is 18.5 Å². The highest BCUT2D eigenvalue weighted by atomic mass is 19.1. The molecule has 0 aliphatic carbocycles. The van der Waals surface area contributed by atoms with Gasteiger partial charge in [-0.25, -0.2) is 8.78 Å². The highest BCUT2D eigenvalue weighted by Gasteiger charge is 2.24. The van der Waals surface area contributed by atoms with Crippen molar-refractivity contribution in [3.05, 3.63) is 34.9 Å². The zero-order valence-corrected chi connectivity index (χ0v) is 8.31. The zero-order valence-electron chi connectivity index (χ0n) is 8.31. The largest absolute Gasteiger partial charge is 0.355 e. The van der Waals surface area contributed by atoms with Gasteiger partial charge in [-0.2, -0.15) is 0 Å². The average molecular weight is 211 g/mol. The van der Waals surface area contributed by atoms with E-state index in [4.69, 9.17) is 0 Å². The van der Waals surface area contributed by atoms with Gasteiger partial charge >= 0.3 is 0 Å². The third kappa shape index (κ3) is 1.84. The summed E-state index contributed by atoms with van der Waals surface area (Å²) in [6, 6.07) is 2.62. The van der Waals surface area contributed by atoms with Gasteiger partial charge in [0.15, 0.2) is 0 Å². The van der Waals surface area contributed by atoms with Crippen LogP contribution in [0.15, 0.2) is 12.1 Å². The molecule has 1 atom stereocenters. The Morgan fingerprint density at radius 1 is 1.33 bits per heavy atom. The molecule has 0 radical (unpaired) electrons. The number of carbonyl (C=O) groups excluding carboxylic acids is 1. The van der Waals surface area contributed by atoms with Crippen molar-refractivity contribution in [3.63, 3.8) is 0 Å². The molecule has 1 aliphatic heterocycles. The Hall–Kier alpha value is -1.45. The maximum absolute atomic E-state index is 13.2. The lowest BCUT2D eigenvalue weighted by Crippen LogP contribution is -2.13. The van der Waals surface area contributed by atoms with Gasteiger partial charge in [0.25, 0.3) is 0 Å². The molecule has 1 saturated heterocycles. The van der Waals surface area contributed by atoms with Gasteiger partial charge in [0.1, 0.15) is 11.6 Å². The molecule has 1 fully saturated rings. The Morgan fingerprint density at radius 3 is 2.40 bits per heavy atom. The Balaban J connectivity index is 2.33. The SMILES string of the molecule is Cc1c(F)cc([C@@H]2CNC(=O)C2)cc1F. The van der Waals surface area contributed by atoms with Crippen LogP contribution in [-0.2, 0) is 4.79 Å². The normalized spacial score (nSPS) is 20.5. The quantitative estimate of drug-likeness (QED) is 0.755. The minimum absolute atomic E-state index is 0.0241. The number of halogens is 2. The maximum Gasteiger partial charge on any atom is 0.220 e. The van der Waals surface area contributed by atoms with Gasteiger partial charge in [-0.3, -0.25) is 4.79 Å². The van der Waals surface area contributed by atoms with Crippen molar-refractivity contribution in [3.8, 4) is 0 Å². The predicted octanol–water partition coefficient (Wildman–Crippen LogP) is 1.88. The van der Waals surface area contributed by atoms with Crippen LogP contribution in [0.1, 0.15) is 23.5 Å². The van der Waals surface area contributed by atoms with E-state index in [1.807, 2.05) is 0 Å². The van der Waals surface area contributed by atoms with Crippen molar-refractivity contribution in [2.24, 2.45) is 0 Å². The first-order valence-electron chi connectivity index (χ1n) is 4.80. The molecule has 1 aliphatic rings. The smallest absolute Gasteiger partial charge is 0.220 e. The molecule has 15 heavy (non-hydrogen) atoms. The van der Waals surface area contributed by atoms with Crippen LogP contribution in [0.3, 0.4) is 0 Å². The van der Waals surface area contributed by atoms with Gasteiger partial charge in [-0.1, -0.05) is 0 Å². The standard InChI is InChI=1S/C11H11F2NO/c1-6-9(12)2-7(3-10(6)13)8-4-11(15)14-5-8/h2-3,8H,4-5H2,1H3,(H,14,15)/t8-/m0/s1. The highest BCUT2D eigenvalue weighted by molar-refractivity contribution is 5.79. The molecule has 80 valence electrons. The molecule has 2 nitrogen and oxygen atoms in total. The first-order valence-corrected chi connectivity index (χ1v) is 4.80. The highest BCUT2D eigenvalue weighted by Crippen LogP contribution is 2.26. The lowest BCUT2D eigenvalue weighted by molar-refractivity contribution is -0.119. The van der Waals surface area contributed by atoms with E-state index in [1.54, 1.807) is 0 Å². The molecule has 0 unspecified atom stereocenters. The second-order valence-electron chi connectivity index (χ2n) is 3.81. The van der Waals surface area contributed by atoms with Crippen LogP contribution in [0.4, 0.5) is 8.78 Å². The van der Waals surface area contributed by atoms with Gasteiger partial charge in [0.05, 0.1) is 0 Å². The molecule has 1 N–H and O–H groups in total. The maximum atomic E-state index is 13.2. The summed E-state index contributed by atoms with van der Waals surface area (Å²) in [4.78, 5) is 11.0. The Labute approximate surface area is 86.3 Å². The molecule has 1 heterocycles. The topological polar surface area (TPSA) is 29.1 Å². The third-order valence-electron chi connectivity index (χ3n) is 2.75. The van der Waals surface area contributed by atoms with Crippen molar-refractivity contribution >= 4 is 5.91 Å². The molecule has 0 aromatic heterocycles. The molecular formula is C11H11F2NO. The summed E-state index contributed by atoms with van der Waals surface area (Å²) in [5.41, 5.74) is 0.574. The molecule has 0 bridgehead atoms. The lowest BCUT2D eigenvalue weighted by Gasteiger charge is -2.09. The van der Waals surface area contributed by atoms with Crippen molar-refractivity contribution in [2.45, 2.75) is 19.3 Å². The fraction of sp³-hybridized carbons (Fsp3) is 0.364. The molecule has 1 aromatic rings. The van der Waals surface area contributed by atoms with E-state index in [2.05, 4.69) is 5.32 Å². The summed E-state index contributed by atoms with van der Waals surface area (Å²) >= 11 is 0. The number of benzene rings is 1. The molecule has 0 spiro atoms. The molecule has 1 aromatic carbocycles. The lowest BCUT2D eigenvalue weighted by atomic mass is 9.97. The Kier molecular flexibility index (Phi) is 2.42. The number of hydrogen-bond acceptors (Lipinski definition) is 1. The molecule has 2 rings (SSSR count). The molecule has 1 amide bonds. The van der Waals surface area contributed by atoms with E-state index >= 15 is 0 Å². The fourth-order valence-electron chi connectivity index (χ4n) is 1.74. The van der Waals surface area contributed by atoms with Crippen LogP contribution < -0.4 is 5.32 Å². The van der Waals surface area contributed by atoms with E-state index in [1.165, 1.54) is 19.1 Å². The van der Waals surface area contributed by atoms with Crippen LogP contribution in [0.2, 0.25) is 0 Å². The predicted molar refractivity (Wildman–Crippen MR) is 51.5 cm³/mol. The number of hydrogen-bond donors (Lipinski definition) is 1. The van der Waals surface area contributed by atoms with Crippen LogP contribution >= 0.6 is 0 Å². The van der Waals surface area contributed by atoms with Gasteiger partial charge in [0, 0.05) is 24.4 Å². The summed E-state index contributed by atoms with van der Waals surface area (Å²) in [5, 5.41) is 2.64. The van der Waals surface area contributed by atoms with Crippen LogP contribution in [0.5, 0.6) is 0 Å². The van der Waals surface area contributed by atoms with Gasteiger partial charge in [-0.05, 0) is 24.6 Å². The molecule has 0 saturated carbocycles. The van der Waals surface area contributed by atoms with E-state index in [-0.39, 0.29) is 17.4 Å². The van der Waals surface area contributed by atoms with E-state index in [0.717, 1.165) is 0 Å². The minimum atomic E-state index is -0.552. The first kappa shape index (κ1) is 10.1. The number of carbonyl (C=O) groups is 1. The monoisotopic (exact) mass is 211 g/mol. The summed E-state index contributed by atoms with van der Waals surface area (Å²) in [7, 11) is 0. The number of amides is 1. The second-order valence-corrected chi connectivity index (χ2v) is 3.81. The van der Waals surface area contributed by atoms with Crippen LogP contribution in [-0.4, -0.2) is 12.5 Å².